The van der Waals surface area contributed by atoms with Crippen molar-refractivity contribution in [1.29, 1.82) is 0 Å². The van der Waals surface area contributed by atoms with Gasteiger partial charge in [-0.2, -0.15) is 0 Å². The molecule has 0 bridgehead atoms. The molecule has 0 aromatic heterocycles. The quantitative estimate of drug-likeness (QED) is 0.125. The lowest BCUT2D eigenvalue weighted by atomic mass is 9.78. The molecule has 1 aliphatic heterocycles. The van der Waals surface area contributed by atoms with E-state index in [2.05, 4.69) is 104 Å². The highest BCUT2D eigenvalue weighted by molar-refractivity contribution is 5.30. The molecule has 2 aromatic rings. The molecule has 0 aliphatic carbocycles. The minimum Gasteiger partial charge on any atom is -0.353 e. The molecular formula is C39H62N2. The summed E-state index contributed by atoms with van der Waals surface area (Å²) in [5.74, 6) is 0.446. The Kier molecular flexibility index (Phi) is 16.1. The molecule has 1 aliphatic rings. The largest absolute Gasteiger partial charge is 0.353 e. The van der Waals surface area contributed by atoms with Gasteiger partial charge in [-0.3, -0.25) is 0 Å². The zero-order valence-electron chi connectivity index (χ0n) is 27.0. The summed E-state index contributed by atoms with van der Waals surface area (Å²) in [5, 5.41) is 0. The molecule has 2 nitrogen and oxygen atoms in total. The molecule has 0 N–H and O–H groups in total. The fraction of sp³-hybridized carbons (Fsp3) is 0.641. The van der Waals surface area contributed by atoms with Crippen LogP contribution in [0.25, 0.3) is 0 Å². The first-order valence-electron chi connectivity index (χ1n) is 17.6. The smallest absolute Gasteiger partial charge is 0.123 e. The van der Waals surface area contributed by atoms with Crippen LogP contribution in [0.2, 0.25) is 0 Å². The van der Waals surface area contributed by atoms with Crippen molar-refractivity contribution in [1.82, 2.24) is 9.80 Å². The second-order valence-corrected chi connectivity index (χ2v) is 12.5. The van der Waals surface area contributed by atoms with Gasteiger partial charge < -0.3 is 9.80 Å². The number of hydrogen-bond donors (Lipinski definition) is 0. The number of benzene rings is 2. The van der Waals surface area contributed by atoms with Gasteiger partial charge in [-0.1, -0.05) is 171 Å². The van der Waals surface area contributed by atoms with E-state index in [0.717, 1.165) is 25.9 Å². The van der Waals surface area contributed by atoms with Crippen molar-refractivity contribution >= 4 is 0 Å². The van der Waals surface area contributed by atoms with Crippen LogP contribution in [-0.4, -0.2) is 28.6 Å². The van der Waals surface area contributed by atoms with Crippen molar-refractivity contribution in [2.45, 2.75) is 148 Å². The van der Waals surface area contributed by atoms with Crippen LogP contribution < -0.4 is 0 Å². The molecule has 3 rings (SSSR count). The van der Waals surface area contributed by atoms with Crippen LogP contribution in [0, 0.1) is 0 Å². The Bertz CT molecular complexity index is 923. The lowest BCUT2D eigenvalue weighted by Gasteiger charge is -2.51. The first-order chi connectivity index (χ1) is 20.3. The summed E-state index contributed by atoms with van der Waals surface area (Å²) in [6.07, 6.45) is 29.0. The van der Waals surface area contributed by atoms with E-state index in [-0.39, 0.29) is 5.66 Å². The summed E-state index contributed by atoms with van der Waals surface area (Å²) in [5.41, 5.74) is 2.88. The van der Waals surface area contributed by atoms with Crippen LogP contribution in [0.4, 0.5) is 0 Å². The highest BCUT2D eigenvalue weighted by atomic mass is 15.4. The monoisotopic (exact) mass is 558 g/mol. The van der Waals surface area contributed by atoms with Crippen molar-refractivity contribution in [3.63, 3.8) is 0 Å². The van der Waals surface area contributed by atoms with Gasteiger partial charge in [-0.25, -0.2) is 0 Å². The average Bonchev–Trinajstić information content (AvgIpc) is 3.34. The minimum absolute atomic E-state index is 0.0557. The Morgan fingerprint density at radius 2 is 0.927 bits per heavy atom. The van der Waals surface area contributed by atoms with E-state index in [0.29, 0.717) is 5.92 Å². The summed E-state index contributed by atoms with van der Waals surface area (Å²) in [4.78, 5) is 5.53. The van der Waals surface area contributed by atoms with E-state index < -0.39 is 0 Å². The molecule has 0 saturated carbocycles. The second-order valence-electron chi connectivity index (χ2n) is 12.5. The SMILES string of the molecule is CCCCCCCCCCCN1C=CN(CCCCCCCCC)C1(Cc1ccccc1)C(CC)c1ccccc1. The number of nitrogens with zero attached hydrogens (tertiary/aromatic N) is 2. The summed E-state index contributed by atoms with van der Waals surface area (Å²) in [6, 6.07) is 22.7. The molecule has 2 atom stereocenters. The third-order valence-electron chi connectivity index (χ3n) is 9.40. The van der Waals surface area contributed by atoms with Crippen LogP contribution in [0.5, 0.6) is 0 Å². The molecule has 2 aromatic carbocycles. The number of hydrogen-bond acceptors (Lipinski definition) is 2. The van der Waals surface area contributed by atoms with Gasteiger partial charge >= 0.3 is 0 Å². The Morgan fingerprint density at radius 3 is 1.37 bits per heavy atom. The standard InChI is InChI=1S/C39H62N2/c1-4-7-9-11-13-14-16-18-26-32-41-34-33-40(31-25-17-15-12-10-8-5-2)39(41,35-36-27-21-19-22-28-36)38(6-3)37-29-23-20-24-30-37/h19-24,27-30,33-34,38H,4-18,25-26,31-32,35H2,1-3H3. The zero-order valence-corrected chi connectivity index (χ0v) is 27.0. The van der Waals surface area contributed by atoms with Crippen molar-refractivity contribution < 1.29 is 0 Å². The van der Waals surface area contributed by atoms with Crippen LogP contribution in [0.15, 0.2) is 73.1 Å². The predicted molar refractivity (Wildman–Crippen MR) is 180 cm³/mol. The van der Waals surface area contributed by atoms with Crippen LogP contribution in [0.1, 0.15) is 147 Å². The molecule has 0 radical (unpaired) electrons. The Hall–Kier alpha value is -2.22. The van der Waals surface area contributed by atoms with Gasteiger partial charge in [-0.05, 0) is 30.4 Å². The maximum atomic E-state index is 2.77. The Morgan fingerprint density at radius 1 is 0.512 bits per heavy atom. The maximum Gasteiger partial charge on any atom is 0.123 e. The molecule has 0 saturated heterocycles. The second kappa shape index (κ2) is 19.8. The van der Waals surface area contributed by atoms with E-state index >= 15 is 0 Å². The number of rotatable bonds is 23. The Labute approximate surface area is 254 Å². The first kappa shape index (κ1) is 33.3. The van der Waals surface area contributed by atoms with E-state index in [9.17, 15) is 0 Å². The Balaban J connectivity index is 1.76. The lowest BCUT2D eigenvalue weighted by Crippen LogP contribution is -2.59. The van der Waals surface area contributed by atoms with Gasteiger partial charge in [0.05, 0.1) is 0 Å². The molecule has 2 heteroatoms. The zero-order chi connectivity index (χ0) is 29.0. The van der Waals surface area contributed by atoms with E-state index in [1.54, 1.807) is 0 Å². The fourth-order valence-corrected chi connectivity index (χ4v) is 7.09. The van der Waals surface area contributed by atoms with Crippen LogP contribution in [0.3, 0.4) is 0 Å². The molecule has 2 unspecified atom stereocenters. The van der Waals surface area contributed by atoms with Gasteiger partial charge in [0.1, 0.15) is 5.66 Å². The molecule has 41 heavy (non-hydrogen) atoms. The normalized spacial score (nSPS) is 17.4. The van der Waals surface area contributed by atoms with E-state index in [4.69, 9.17) is 0 Å². The van der Waals surface area contributed by atoms with E-state index in [1.165, 1.54) is 114 Å². The van der Waals surface area contributed by atoms with Crippen LogP contribution in [-0.2, 0) is 6.42 Å². The average molecular weight is 559 g/mol. The molecular weight excluding hydrogens is 496 g/mol. The van der Waals surface area contributed by atoms with Crippen molar-refractivity contribution in [3.05, 3.63) is 84.2 Å². The van der Waals surface area contributed by atoms with Gasteiger partial charge in [-0.15, -0.1) is 0 Å². The predicted octanol–water partition coefficient (Wildman–Crippen LogP) is 11.5. The van der Waals surface area contributed by atoms with Crippen molar-refractivity contribution in [2.24, 2.45) is 0 Å². The molecule has 0 fully saturated rings. The van der Waals surface area contributed by atoms with Gasteiger partial charge in [0.15, 0.2) is 0 Å². The summed E-state index contributed by atoms with van der Waals surface area (Å²) in [7, 11) is 0. The highest BCUT2D eigenvalue weighted by Crippen LogP contribution is 2.45. The summed E-state index contributed by atoms with van der Waals surface area (Å²) in [6.45, 7) is 9.32. The molecule has 228 valence electrons. The summed E-state index contributed by atoms with van der Waals surface area (Å²) < 4.78 is 0. The third-order valence-corrected chi connectivity index (χ3v) is 9.40. The van der Waals surface area contributed by atoms with Crippen LogP contribution >= 0.6 is 0 Å². The van der Waals surface area contributed by atoms with Crippen molar-refractivity contribution in [2.75, 3.05) is 13.1 Å². The minimum atomic E-state index is -0.0557. The number of unbranched alkanes of at least 4 members (excludes halogenated alkanes) is 14. The first-order valence-corrected chi connectivity index (χ1v) is 17.6. The molecule has 0 amide bonds. The van der Waals surface area contributed by atoms with Gasteiger partial charge in [0.25, 0.3) is 0 Å². The van der Waals surface area contributed by atoms with Gasteiger partial charge in [0.2, 0.25) is 0 Å². The fourth-order valence-electron chi connectivity index (χ4n) is 7.09. The molecule has 0 spiro atoms. The third kappa shape index (κ3) is 10.5. The topological polar surface area (TPSA) is 6.48 Å². The van der Waals surface area contributed by atoms with Gasteiger partial charge in [0, 0.05) is 37.8 Å². The maximum absolute atomic E-state index is 2.77. The highest BCUT2D eigenvalue weighted by Gasteiger charge is 2.49. The molecule has 1 heterocycles. The summed E-state index contributed by atoms with van der Waals surface area (Å²) >= 11 is 0. The van der Waals surface area contributed by atoms with Crippen molar-refractivity contribution in [3.8, 4) is 0 Å². The lowest BCUT2D eigenvalue weighted by molar-refractivity contribution is -0.00378. The van der Waals surface area contributed by atoms with E-state index in [1.807, 2.05) is 0 Å².